The summed E-state index contributed by atoms with van der Waals surface area (Å²) in [6.07, 6.45) is 1.42. The molecule has 0 aromatic rings. The number of hydrogen-bond donors (Lipinski definition) is 2. The lowest BCUT2D eigenvalue weighted by Crippen LogP contribution is -2.42. The van der Waals surface area contributed by atoms with Crippen molar-refractivity contribution in [1.82, 2.24) is 9.62 Å². The fourth-order valence-corrected chi connectivity index (χ4v) is 2.93. The Morgan fingerprint density at radius 2 is 1.95 bits per heavy atom. The number of carbonyl (C=O) groups excluding carboxylic acids is 1. The molecule has 0 saturated carbocycles. The van der Waals surface area contributed by atoms with Gasteiger partial charge in [0.05, 0.1) is 19.0 Å². The van der Waals surface area contributed by atoms with Crippen LogP contribution in [0.15, 0.2) is 0 Å². The number of carbonyl (C=O) groups is 1. The molecule has 1 fully saturated rings. The number of amides is 1. The predicted molar refractivity (Wildman–Crippen MR) is 72.1 cm³/mol. The Kier molecular flexibility index (Phi) is 7.29. The van der Waals surface area contributed by atoms with E-state index < -0.39 is 10.0 Å². The number of nitrogens with one attached hydrogen (secondary N) is 1. The number of nitrogens with two attached hydrogens (primary N) is 1. The molecule has 112 valence electrons. The number of rotatable bonds is 8. The first kappa shape index (κ1) is 16.4. The number of sulfonamides is 1. The monoisotopic (exact) mass is 293 g/mol. The fourth-order valence-electron chi connectivity index (χ4n) is 1.79. The average molecular weight is 293 g/mol. The zero-order valence-corrected chi connectivity index (χ0v) is 12.0. The lowest BCUT2D eigenvalue weighted by Gasteiger charge is -2.26. The molecule has 0 spiro atoms. The Morgan fingerprint density at radius 1 is 1.26 bits per heavy atom. The van der Waals surface area contributed by atoms with E-state index in [9.17, 15) is 13.2 Å². The summed E-state index contributed by atoms with van der Waals surface area (Å²) in [7, 11) is -3.28. The molecule has 1 heterocycles. The van der Waals surface area contributed by atoms with E-state index in [1.54, 1.807) is 4.90 Å². The van der Waals surface area contributed by atoms with Crippen LogP contribution >= 0.6 is 0 Å². The van der Waals surface area contributed by atoms with Crippen LogP contribution < -0.4 is 10.5 Å². The molecule has 0 aromatic carbocycles. The zero-order valence-electron chi connectivity index (χ0n) is 11.1. The van der Waals surface area contributed by atoms with Gasteiger partial charge in [-0.2, -0.15) is 0 Å². The van der Waals surface area contributed by atoms with Crippen molar-refractivity contribution in [3.8, 4) is 0 Å². The molecule has 0 radical (unpaired) electrons. The van der Waals surface area contributed by atoms with Gasteiger partial charge in [-0.25, -0.2) is 13.1 Å². The number of morpholine rings is 1. The molecule has 1 amide bonds. The molecule has 0 aliphatic carbocycles. The number of hydrogen-bond acceptors (Lipinski definition) is 5. The summed E-state index contributed by atoms with van der Waals surface area (Å²) in [6.45, 7) is 2.92. The van der Waals surface area contributed by atoms with Crippen molar-refractivity contribution in [3.63, 3.8) is 0 Å². The normalized spacial score (nSPS) is 16.6. The highest BCUT2D eigenvalue weighted by atomic mass is 32.2. The summed E-state index contributed by atoms with van der Waals surface area (Å²) in [5.74, 6) is 0.0311. The van der Waals surface area contributed by atoms with Crippen LogP contribution in [0.1, 0.15) is 19.3 Å². The lowest BCUT2D eigenvalue weighted by molar-refractivity contribution is -0.135. The van der Waals surface area contributed by atoms with Crippen LogP contribution in [0.5, 0.6) is 0 Å². The fraction of sp³-hybridized carbons (Fsp3) is 0.909. The van der Waals surface area contributed by atoms with Crippen molar-refractivity contribution in [1.29, 1.82) is 0 Å². The molecule has 8 heteroatoms. The van der Waals surface area contributed by atoms with Crippen molar-refractivity contribution < 1.29 is 17.9 Å². The highest BCUT2D eigenvalue weighted by Gasteiger charge is 2.17. The van der Waals surface area contributed by atoms with Crippen LogP contribution in [-0.2, 0) is 19.6 Å². The molecule has 1 saturated heterocycles. The quantitative estimate of drug-likeness (QED) is 0.553. The highest BCUT2D eigenvalue weighted by Crippen LogP contribution is 2.00. The molecule has 0 atom stereocenters. The second kappa shape index (κ2) is 8.47. The minimum atomic E-state index is -3.28. The molecule has 1 aliphatic rings. The molecular weight excluding hydrogens is 270 g/mol. The van der Waals surface area contributed by atoms with E-state index in [0.29, 0.717) is 45.7 Å². The Morgan fingerprint density at radius 3 is 2.58 bits per heavy atom. The van der Waals surface area contributed by atoms with Gasteiger partial charge in [0.2, 0.25) is 15.9 Å². The first-order chi connectivity index (χ1) is 9.05. The Balaban J connectivity index is 2.19. The van der Waals surface area contributed by atoms with Gasteiger partial charge < -0.3 is 15.4 Å². The standard InChI is InChI=1S/C11H23N3O4S/c12-4-1-2-10-19(16,17)13-5-3-11(15)14-6-8-18-9-7-14/h13H,1-10,12H2. The van der Waals surface area contributed by atoms with Crippen LogP contribution in [-0.4, -0.2) is 64.4 Å². The first-order valence-corrected chi connectivity index (χ1v) is 8.23. The van der Waals surface area contributed by atoms with Crippen LogP contribution in [0, 0.1) is 0 Å². The SMILES string of the molecule is NCCCCS(=O)(=O)NCCC(=O)N1CCOCC1. The van der Waals surface area contributed by atoms with Crippen molar-refractivity contribution in [2.24, 2.45) is 5.73 Å². The van der Waals surface area contributed by atoms with Gasteiger partial charge in [-0.1, -0.05) is 0 Å². The minimum Gasteiger partial charge on any atom is -0.378 e. The molecular formula is C11H23N3O4S. The van der Waals surface area contributed by atoms with Crippen molar-refractivity contribution in [3.05, 3.63) is 0 Å². The smallest absolute Gasteiger partial charge is 0.224 e. The summed E-state index contributed by atoms with van der Waals surface area (Å²) in [5.41, 5.74) is 5.30. The highest BCUT2D eigenvalue weighted by molar-refractivity contribution is 7.89. The summed E-state index contributed by atoms with van der Waals surface area (Å²) < 4.78 is 30.7. The third kappa shape index (κ3) is 6.86. The number of ether oxygens (including phenoxy) is 1. The molecule has 19 heavy (non-hydrogen) atoms. The van der Waals surface area contributed by atoms with Gasteiger partial charge in [0.1, 0.15) is 0 Å². The maximum absolute atomic E-state index is 11.8. The number of unbranched alkanes of at least 4 members (excludes halogenated alkanes) is 1. The van der Waals surface area contributed by atoms with Crippen molar-refractivity contribution in [2.75, 3.05) is 45.1 Å². The Hall–Kier alpha value is -0.700. The third-order valence-corrected chi connectivity index (χ3v) is 4.36. The van der Waals surface area contributed by atoms with E-state index in [4.69, 9.17) is 10.5 Å². The summed E-state index contributed by atoms with van der Waals surface area (Å²) >= 11 is 0. The van der Waals surface area contributed by atoms with Gasteiger partial charge in [0.25, 0.3) is 0 Å². The van der Waals surface area contributed by atoms with E-state index in [1.165, 1.54) is 0 Å². The molecule has 7 nitrogen and oxygen atoms in total. The average Bonchev–Trinajstić information content (AvgIpc) is 2.39. The summed E-state index contributed by atoms with van der Waals surface area (Å²) in [6, 6.07) is 0. The zero-order chi connectivity index (χ0) is 14.1. The van der Waals surface area contributed by atoms with E-state index in [2.05, 4.69) is 4.72 Å². The van der Waals surface area contributed by atoms with Crippen LogP contribution in [0.2, 0.25) is 0 Å². The Bertz CT molecular complexity index is 366. The van der Waals surface area contributed by atoms with Crippen molar-refractivity contribution in [2.45, 2.75) is 19.3 Å². The molecule has 3 N–H and O–H groups in total. The van der Waals surface area contributed by atoms with Gasteiger partial charge in [0, 0.05) is 26.1 Å². The van der Waals surface area contributed by atoms with E-state index in [1.807, 2.05) is 0 Å². The van der Waals surface area contributed by atoms with E-state index in [-0.39, 0.29) is 24.6 Å². The van der Waals surface area contributed by atoms with Gasteiger partial charge in [-0.05, 0) is 19.4 Å². The summed E-state index contributed by atoms with van der Waals surface area (Å²) in [4.78, 5) is 13.5. The third-order valence-electron chi connectivity index (χ3n) is 2.89. The van der Waals surface area contributed by atoms with E-state index in [0.717, 1.165) is 0 Å². The van der Waals surface area contributed by atoms with Crippen molar-refractivity contribution >= 4 is 15.9 Å². The maximum Gasteiger partial charge on any atom is 0.224 e. The first-order valence-electron chi connectivity index (χ1n) is 6.58. The van der Waals surface area contributed by atoms with Gasteiger partial charge in [-0.3, -0.25) is 4.79 Å². The lowest BCUT2D eigenvalue weighted by atomic mass is 10.3. The summed E-state index contributed by atoms with van der Waals surface area (Å²) in [5, 5.41) is 0. The molecule has 0 aromatic heterocycles. The Labute approximate surface area is 114 Å². The number of nitrogens with zero attached hydrogens (tertiary/aromatic N) is 1. The molecule has 1 aliphatic heterocycles. The molecule has 1 rings (SSSR count). The topological polar surface area (TPSA) is 102 Å². The second-order valence-electron chi connectivity index (χ2n) is 4.45. The van der Waals surface area contributed by atoms with Gasteiger partial charge in [-0.15, -0.1) is 0 Å². The minimum absolute atomic E-state index is 0.0343. The molecule has 0 bridgehead atoms. The van der Waals surface area contributed by atoms with E-state index >= 15 is 0 Å². The molecule has 0 unspecified atom stereocenters. The van der Waals surface area contributed by atoms with Gasteiger partial charge in [0.15, 0.2) is 0 Å². The maximum atomic E-state index is 11.8. The van der Waals surface area contributed by atoms with Crippen LogP contribution in [0.3, 0.4) is 0 Å². The van der Waals surface area contributed by atoms with Crippen LogP contribution in [0.4, 0.5) is 0 Å². The predicted octanol–water partition coefficient (Wildman–Crippen LogP) is -1.11. The largest absolute Gasteiger partial charge is 0.378 e. The second-order valence-corrected chi connectivity index (χ2v) is 6.38. The van der Waals surface area contributed by atoms with Gasteiger partial charge >= 0.3 is 0 Å². The van der Waals surface area contributed by atoms with Crippen LogP contribution in [0.25, 0.3) is 0 Å².